The van der Waals surface area contributed by atoms with Crippen molar-refractivity contribution in [2.45, 2.75) is 50.4 Å². The number of halogens is 3. The zero-order valence-electron chi connectivity index (χ0n) is 13.4. The summed E-state index contributed by atoms with van der Waals surface area (Å²) >= 11 is 0. The van der Waals surface area contributed by atoms with E-state index in [9.17, 15) is 18.0 Å². The first-order chi connectivity index (χ1) is 11.4. The fourth-order valence-electron chi connectivity index (χ4n) is 2.71. The number of alkyl halides is 3. The van der Waals surface area contributed by atoms with Crippen molar-refractivity contribution in [3.05, 3.63) is 35.9 Å². The number of ether oxygens (including phenoxy) is 1. The average Bonchev–Trinajstić information content (AvgIpc) is 2.80. The van der Waals surface area contributed by atoms with Crippen molar-refractivity contribution in [3.8, 4) is 0 Å². The minimum absolute atomic E-state index is 0.143. The lowest BCUT2D eigenvalue weighted by atomic mass is 10.0. The van der Waals surface area contributed by atoms with Crippen molar-refractivity contribution in [2.75, 3.05) is 13.2 Å². The lowest BCUT2D eigenvalue weighted by Crippen LogP contribution is -2.51. The monoisotopic (exact) mass is 344 g/mol. The first kappa shape index (κ1) is 18.6. The standard InChI is InChI=1S/C17H23F3N2O2/c18-17(19,20)15(9-8-13-5-2-1-3-6-13)22-16(23)21-14-7-4-11-24-12-10-14/h1-3,5-6,14-15H,4,7-12H2,(H2,21,22,23)/t14-,15-/m1/s1. The second kappa shape index (κ2) is 8.92. The number of carbonyl (C=O) groups excluding carboxylic acids is 1. The Morgan fingerprint density at radius 3 is 2.67 bits per heavy atom. The summed E-state index contributed by atoms with van der Waals surface area (Å²) in [4.78, 5) is 11.9. The summed E-state index contributed by atoms with van der Waals surface area (Å²) in [5, 5.41) is 4.71. The molecule has 4 nitrogen and oxygen atoms in total. The van der Waals surface area contributed by atoms with E-state index in [0.717, 1.165) is 12.0 Å². The van der Waals surface area contributed by atoms with E-state index in [0.29, 0.717) is 26.1 Å². The number of benzene rings is 1. The maximum absolute atomic E-state index is 13.2. The van der Waals surface area contributed by atoms with Crippen LogP contribution in [0.3, 0.4) is 0 Å². The van der Waals surface area contributed by atoms with Crippen LogP contribution in [0.1, 0.15) is 31.2 Å². The number of amides is 2. The number of hydrogen-bond donors (Lipinski definition) is 2. The minimum Gasteiger partial charge on any atom is -0.381 e. The van der Waals surface area contributed by atoms with E-state index in [1.165, 1.54) is 0 Å². The molecule has 2 N–H and O–H groups in total. The Morgan fingerprint density at radius 2 is 1.96 bits per heavy atom. The third kappa shape index (κ3) is 6.39. The van der Waals surface area contributed by atoms with E-state index in [-0.39, 0.29) is 18.9 Å². The molecule has 2 rings (SSSR count). The average molecular weight is 344 g/mol. The van der Waals surface area contributed by atoms with Crippen LogP contribution in [0, 0.1) is 0 Å². The Kier molecular flexibility index (Phi) is 6.90. The SMILES string of the molecule is O=C(N[C@@H]1CCCOCC1)N[C@H](CCc1ccccc1)C(F)(F)F. The van der Waals surface area contributed by atoms with Gasteiger partial charge in [-0.2, -0.15) is 13.2 Å². The molecule has 0 aromatic heterocycles. The predicted molar refractivity (Wildman–Crippen MR) is 84.7 cm³/mol. The predicted octanol–water partition coefficient (Wildman–Crippen LogP) is 3.42. The van der Waals surface area contributed by atoms with Gasteiger partial charge in [0, 0.05) is 19.3 Å². The highest BCUT2D eigenvalue weighted by molar-refractivity contribution is 5.74. The molecule has 1 fully saturated rings. The molecule has 0 spiro atoms. The van der Waals surface area contributed by atoms with Gasteiger partial charge in [-0.05, 0) is 37.7 Å². The van der Waals surface area contributed by atoms with Gasteiger partial charge in [-0.3, -0.25) is 0 Å². The van der Waals surface area contributed by atoms with E-state index >= 15 is 0 Å². The van der Waals surface area contributed by atoms with Crippen LogP contribution in [0.25, 0.3) is 0 Å². The van der Waals surface area contributed by atoms with Gasteiger partial charge >= 0.3 is 12.2 Å². The molecule has 24 heavy (non-hydrogen) atoms. The van der Waals surface area contributed by atoms with Crippen LogP contribution in [-0.2, 0) is 11.2 Å². The van der Waals surface area contributed by atoms with Crippen LogP contribution >= 0.6 is 0 Å². The van der Waals surface area contributed by atoms with Crippen molar-refractivity contribution in [3.63, 3.8) is 0 Å². The lowest BCUT2D eigenvalue weighted by molar-refractivity contribution is -0.154. The number of urea groups is 1. The van der Waals surface area contributed by atoms with Gasteiger partial charge in [-0.25, -0.2) is 4.79 Å². The first-order valence-electron chi connectivity index (χ1n) is 8.20. The Morgan fingerprint density at radius 1 is 1.21 bits per heavy atom. The summed E-state index contributed by atoms with van der Waals surface area (Å²) in [5.74, 6) is 0. The Hall–Kier alpha value is -1.76. The van der Waals surface area contributed by atoms with Crippen LogP contribution in [0.15, 0.2) is 30.3 Å². The Bertz CT molecular complexity index is 500. The number of nitrogens with one attached hydrogen (secondary N) is 2. The van der Waals surface area contributed by atoms with Crippen molar-refractivity contribution in [1.82, 2.24) is 10.6 Å². The fourth-order valence-corrected chi connectivity index (χ4v) is 2.71. The summed E-state index contributed by atoms with van der Waals surface area (Å²) in [6, 6.07) is 6.16. The molecular formula is C17H23F3N2O2. The molecule has 1 heterocycles. The molecule has 2 amide bonds. The molecule has 0 unspecified atom stereocenters. The number of rotatable bonds is 5. The molecule has 0 saturated carbocycles. The zero-order chi connectivity index (χ0) is 17.4. The second-order valence-corrected chi connectivity index (χ2v) is 5.98. The maximum atomic E-state index is 13.2. The van der Waals surface area contributed by atoms with Crippen LogP contribution in [0.4, 0.5) is 18.0 Å². The van der Waals surface area contributed by atoms with Gasteiger partial charge in [0.2, 0.25) is 0 Å². The normalized spacial score (nSPS) is 20.0. The van der Waals surface area contributed by atoms with E-state index in [1.807, 2.05) is 6.07 Å². The van der Waals surface area contributed by atoms with Crippen LogP contribution in [0.2, 0.25) is 0 Å². The molecule has 0 radical (unpaired) electrons. The molecule has 1 saturated heterocycles. The highest BCUT2D eigenvalue weighted by Crippen LogP contribution is 2.24. The van der Waals surface area contributed by atoms with E-state index in [2.05, 4.69) is 10.6 Å². The van der Waals surface area contributed by atoms with Gasteiger partial charge < -0.3 is 15.4 Å². The van der Waals surface area contributed by atoms with Crippen LogP contribution in [-0.4, -0.2) is 37.5 Å². The summed E-state index contributed by atoms with van der Waals surface area (Å²) in [7, 11) is 0. The van der Waals surface area contributed by atoms with Gasteiger partial charge in [-0.1, -0.05) is 30.3 Å². The molecule has 7 heteroatoms. The summed E-state index contributed by atoms with van der Waals surface area (Å²) in [5.41, 5.74) is 0.815. The molecule has 1 aromatic carbocycles. The summed E-state index contributed by atoms with van der Waals surface area (Å²) < 4.78 is 44.8. The third-order valence-electron chi connectivity index (χ3n) is 4.05. The van der Waals surface area contributed by atoms with E-state index < -0.39 is 18.2 Å². The van der Waals surface area contributed by atoms with Crippen molar-refractivity contribution >= 4 is 6.03 Å². The molecule has 134 valence electrons. The number of hydrogen-bond acceptors (Lipinski definition) is 2. The largest absolute Gasteiger partial charge is 0.408 e. The Labute approximate surface area is 139 Å². The number of aryl methyl sites for hydroxylation is 1. The first-order valence-corrected chi connectivity index (χ1v) is 8.20. The second-order valence-electron chi connectivity index (χ2n) is 5.98. The third-order valence-corrected chi connectivity index (χ3v) is 4.05. The summed E-state index contributed by atoms with van der Waals surface area (Å²) in [6.07, 6.45) is -2.28. The quantitative estimate of drug-likeness (QED) is 0.860. The van der Waals surface area contributed by atoms with Gasteiger partial charge in [0.1, 0.15) is 6.04 Å². The fraction of sp³-hybridized carbons (Fsp3) is 0.588. The number of carbonyl (C=O) groups is 1. The van der Waals surface area contributed by atoms with Crippen molar-refractivity contribution in [2.24, 2.45) is 0 Å². The van der Waals surface area contributed by atoms with Crippen molar-refractivity contribution < 1.29 is 22.7 Å². The van der Waals surface area contributed by atoms with Gasteiger partial charge in [0.25, 0.3) is 0 Å². The van der Waals surface area contributed by atoms with Crippen LogP contribution < -0.4 is 10.6 Å². The highest BCUT2D eigenvalue weighted by atomic mass is 19.4. The van der Waals surface area contributed by atoms with Gasteiger partial charge in [0.15, 0.2) is 0 Å². The molecule has 0 bridgehead atoms. The topological polar surface area (TPSA) is 50.4 Å². The molecule has 1 aliphatic rings. The molecule has 2 atom stereocenters. The smallest absolute Gasteiger partial charge is 0.381 e. The van der Waals surface area contributed by atoms with E-state index in [1.54, 1.807) is 24.3 Å². The van der Waals surface area contributed by atoms with Gasteiger partial charge in [-0.15, -0.1) is 0 Å². The maximum Gasteiger partial charge on any atom is 0.408 e. The van der Waals surface area contributed by atoms with Crippen molar-refractivity contribution in [1.29, 1.82) is 0 Å². The van der Waals surface area contributed by atoms with Crippen LogP contribution in [0.5, 0.6) is 0 Å². The highest BCUT2D eigenvalue weighted by Gasteiger charge is 2.40. The summed E-state index contributed by atoms with van der Waals surface area (Å²) in [6.45, 7) is 1.14. The molecule has 0 aliphatic carbocycles. The minimum atomic E-state index is -4.47. The van der Waals surface area contributed by atoms with E-state index in [4.69, 9.17) is 4.74 Å². The zero-order valence-corrected chi connectivity index (χ0v) is 13.4. The molecule has 1 aromatic rings. The Balaban J connectivity index is 1.86. The van der Waals surface area contributed by atoms with Gasteiger partial charge in [0.05, 0.1) is 0 Å². The molecule has 1 aliphatic heterocycles. The lowest BCUT2D eigenvalue weighted by Gasteiger charge is -2.24. The molecular weight excluding hydrogens is 321 g/mol.